The van der Waals surface area contributed by atoms with Gasteiger partial charge in [-0.2, -0.15) is 0 Å². The molecule has 0 aliphatic rings. The van der Waals surface area contributed by atoms with Gasteiger partial charge in [0, 0.05) is 6.54 Å². The Kier molecular flexibility index (Phi) is 5.93. The number of aryl methyl sites for hydroxylation is 1. The minimum Gasteiger partial charge on any atom is -0.483 e. The molecule has 20 heavy (non-hydrogen) atoms. The lowest BCUT2D eigenvalue weighted by molar-refractivity contribution is -0.123. The Morgan fingerprint density at radius 2 is 2.10 bits per heavy atom. The molecular formula is C12H19N3O4S. The van der Waals surface area contributed by atoms with Crippen molar-refractivity contribution in [1.82, 2.24) is 10.1 Å². The first-order valence-electron chi connectivity index (χ1n) is 6.13. The zero-order valence-corrected chi connectivity index (χ0v) is 12.3. The second-order valence-electron chi connectivity index (χ2n) is 4.18. The Labute approximate surface area is 118 Å². The maximum Gasteiger partial charge on any atom is 0.271 e. The second kappa shape index (κ2) is 7.22. The number of nitrogens with two attached hydrogens (primary N) is 1. The van der Waals surface area contributed by atoms with Gasteiger partial charge in [0.2, 0.25) is 10.0 Å². The number of hydrogen-bond acceptors (Lipinski definition) is 5. The van der Waals surface area contributed by atoms with E-state index in [0.29, 0.717) is 24.3 Å². The number of carbonyl (C=O) groups is 1. The van der Waals surface area contributed by atoms with Crippen LogP contribution in [0.2, 0.25) is 0 Å². The SMILES string of the molecule is CCCNS(=O)(=O)c1ccc(OCC(=O)NN)c(C)c1. The summed E-state index contributed by atoms with van der Waals surface area (Å²) in [6.45, 7) is 3.75. The molecule has 112 valence electrons. The number of rotatable bonds is 7. The van der Waals surface area contributed by atoms with Crippen LogP contribution in [0.5, 0.6) is 5.75 Å². The zero-order chi connectivity index (χ0) is 15.2. The van der Waals surface area contributed by atoms with E-state index in [0.717, 1.165) is 0 Å². The van der Waals surface area contributed by atoms with Gasteiger partial charge in [-0.15, -0.1) is 0 Å². The standard InChI is InChI=1S/C12H19N3O4S/c1-3-6-14-20(17,18)10-4-5-11(9(2)7-10)19-8-12(16)15-13/h4-5,7,14H,3,6,8,13H2,1-2H3,(H,15,16). The van der Waals surface area contributed by atoms with E-state index < -0.39 is 15.9 Å². The van der Waals surface area contributed by atoms with Gasteiger partial charge in [-0.25, -0.2) is 19.0 Å². The van der Waals surface area contributed by atoms with Crippen molar-refractivity contribution < 1.29 is 17.9 Å². The first kappa shape index (κ1) is 16.4. The number of nitrogens with one attached hydrogen (secondary N) is 2. The average molecular weight is 301 g/mol. The molecule has 0 aliphatic carbocycles. The number of ether oxygens (including phenoxy) is 1. The van der Waals surface area contributed by atoms with Gasteiger partial charge in [0.15, 0.2) is 6.61 Å². The van der Waals surface area contributed by atoms with E-state index >= 15 is 0 Å². The first-order chi connectivity index (χ1) is 9.40. The van der Waals surface area contributed by atoms with E-state index in [9.17, 15) is 13.2 Å². The highest BCUT2D eigenvalue weighted by Gasteiger charge is 2.14. The van der Waals surface area contributed by atoms with E-state index in [-0.39, 0.29) is 11.5 Å². The minimum atomic E-state index is -3.50. The highest BCUT2D eigenvalue weighted by molar-refractivity contribution is 7.89. The van der Waals surface area contributed by atoms with Gasteiger partial charge in [-0.1, -0.05) is 6.92 Å². The summed E-state index contributed by atoms with van der Waals surface area (Å²) in [6, 6.07) is 4.44. The third-order valence-corrected chi connectivity index (χ3v) is 3.98. The van der Waals surface area contributed by atoms with E-state index in [1.807, 2.05) is 12.3 Å². The van der Waals surface area contributed by atoms with E-state index in [2.05, 4.69) is 4.72 Å². The second-order valence-corrected chi connectivity index (χ2v) is 5.95. The number of hydrogen-bond donors (Lipinski definition) is 3. The molecule has 8 heteroatoms. The molecule has 0 atom stereocenters. The Morgan fingerprint density at radius 3 is 2.65 bits per heavy atom. The third-order valence-electron chi connectivity index (χ3n) is 2.52. The maximum absolute atomic E-state index is 11.9. The lowest BCUT2D eigenvalue weighted by Gasteiger charge is -2.11. The average Bonchev–Trinajstić information content (AvgIpc) is 2.43. The molecule has 0 saturated carbocycles. The summed E-state index contributed by atoms with van der Waals surface area (Å²) in [7, 11) is -3.50. The summed E-state index contributed by atoms with van der Waals surface area (Å²) >= 11 is 0. The van der Waals surface area contributed by atoms with Crippen LogP contribution in [-0.4, -0.2) is 27.5 Å². The normalized spacial score (nSPS) is 11.2. The molecule has 0 aromatic heterocycles. The molecule has 0 fully saturated rings. The summed E-state index contributed by atoms with van der Waals surface area (Å²) < 4.78 is 31.6. The van der Waals surface area contributed by atoms with Crippen molar-refractivity contribution in [3.63, 3.8) is 0 Å². The van der Waals surface area contributed by atoms with Crippen LogP contribution in [0.3, 0.4) is 0 Å². The maximum atomic E-state index is 11.9. The topological polar surface area (TPSA) is 111 Å². The number of amides is 1. The molecule has 1 aromatic carbocycles. The van der Waals surface area contributed by atoms with Crippen LogP contribution in [0, 0.1) is 6.92 Å². The van der Waals surface area contributed by atoms with Gasteiger partial charge in [0.1, 0.15) is 5.75 Å². The Bertz CT molecular complexity index is 572. The number of carbonyl (C=O) groups excluding carboxylic acids is 1. The van der Waals surface area contributed by atoms with E-state index in [1.54, 1.807) is 6.92 Å². The fourth-order valence-corrected chi connectivity index (χ4v) is 2.67. The molecule has 0 heterocycles. The Morgan fingerprint density at radius 1 is 1.40 bits per heavy atom. The molecule has 0 aliphatic heterocycles. The molecule has 0 bridgehead atoms. The van der Waals surface area contributed by atoms with Crippen molar-refractivity contribution >= 4 is 15.9 Å². The van der Waals surface area contributed by atoms with Gasteiger partial charge >= 0.3 is 0 Å². The van der Waals surface area contributed by atoms with Crippen molar-refractivity contribution in [3.8, 4) is 5.75 Å². The largest absolute Gasteiger partial charge is 0.483 e. The fraction of sp³-hybridized carbons (Fsp3) is 0.417. The highest BCUT2D eigenvalue weighted by atomic mass is 32.2. The Balaban J connectivity index is 2.85. The van der Waals surface area contributed by atoms with Crippen molar-refractivity contribution in [2.24, 2.45) is 5.84 Å². The van der Waals surface area contributed by atoms with Gasteiger partial charge in [-0.05, 0) is 37.1 Å². The van der Waals surface area contributed by atoms with Crippen LogP contribution in [0.4, 0.5) is 0 Å². The summed E-state index contributed by atoms with van der Waals surface area (Å²) in [4.78, 5) is 11.1. The molecule has 1 aromatic rings. The van der Waals surface area contributed by atoms with Crippen LogP contribution < -0.4 is 20.7 Å². The highest BCUT2D eigenvalue weighted by Crippen LogP contribution is 2.21. The summed E-state index contributed by atoms with van der Waals surface area (Å²) in [5, 5.41) is 0. The molecular weight excluding hydrogens is 282 g/mol. The molecule has 0 spiro atoms. The lowest BCUT2D eigenvalue weighted by atomic mass is 10.2. The number of hydrazine groups is 1. The number of sulfonamides is 1. The molecule has 7 nitrogen and oxygen atoms in total. The molecule has 1 rings (SSSR count). The molecule has 0 saturated heterocycles. The zero-order valence-electron chi connectivity index (χ0n) is 11.5. The van der Waals surface area contributed by atoms with Crippen molar-refractivity contribution in [2.45, 2.75) is 25.2 Å². The monoisotopic (exact) mass is 301 g/mol. The minimum absolute atomic E-state index is 0.166. The molecule has 4 N–H and O–H groups in total. The summed E-state index contributed by atoms with van der Waals surface area (Å²) in [6.07, 6.45) is 0.716. The summed E-state index contributed by atoms with van der Waals surface area (Å²) in [5.41, 5.74) is 2.56. The molecule has 0 radical (unpaired) electrons. The van der Waals surface area contributed by atoms with Crippen LogP contribution in [0.1, 0.15) is 18.9 Å². The van der Waals surface area contributed by atoms with Gasteiger partial charge < -0.3 is 4.74 Å². The van der Waals surface area contributed by atoms with Crippen molar-refractivity contribution in [1.29, 1.82) is 0 Å². The Hall–Kier alpha value is -1.64. The van der Waals surface area contributed by atoms with Crippen LogP contribution in [-0.2, 0) is 14.8 Å². The van der Waals surface area contributed by atoms with Gasteiger partial charge in [0.25, 0.3) is 5.91 Å². The quantitative estimate of drug-likeness (QED) is 0.374. The van der Waals surface area contributed by atoms with Gasteiger partial charge in [-0.3, -0.25) is 10.2 Å². The predicted molar refractivity (Wildman–Crippen MR) is 74.5 cm³/mol. The summed E-state index contributed by atoms with van der Waals surface area (Å²) in [5.74, 6) is 4.90. The van der Waals surface area contributed by atoms with Crippen LogP contribution >= 0.6 is 0 Å². The fourth-order valence-electron chi connectivity index (χ4n) is 1.46. The van der Waals surface area contributed by atoms with Gasteiger partial charge in [0.05, 0.1) is 4.90 Å². The van der Waals surface area contributed by atoms with E-state index in [4.69, 9.17) is 10.6 Å². The van der Waals surface area contributed by atoms with Crippen LogP contribution in [0.15, 0.2) is 23.1 Å². The molecule has 1 amide bonds. The molecule has 0 unspecified atom stereocenters. The lowest BCUT2D eigenvalue weighted by Crippen LogP contribution is -2.34. The third kappa shape index (κ3) is 4.48. The number of benzene rings is 1. The first-order valence-corrected chi connectivity index (χ1v) is 7.61. The van der Waals surface area contributed by atoms with E-state index in [1.165, 1.54) is 18.2 Å². The predicted octanol–water partition coefficient (Wildman–Crippen LogP) is 0.0520. The van der Waals surface area contributed by atoms with Crippen molar-refractivity contribution in [2.75, 3.05) is 13.2 Å². The van der Waals surface area contributed by atoms with Crippen molar-refractivity contribution in [3.05, 3.63) is 23.8 Å². The van der Waals surface area contributed by atoms with Crippen LogP contribution in [0.25, 0.3) is 0 Å². The smallest absolute Gasteiger partial charge is 0.271 e.